The zero-order chi connectivity index (χ0) is 25.6. The normalized spacial score (nSPS) is 13.8. The number of nitrogens with two attached hydrogens (primary N) is 1. The summed E-state index contributed by atoms with van der Waals surface area (Å²) in [5.41, 5.74) is 7.16. The van der Waals surface area contributed by atoms with Crippen molar-refractivity contribution in [3.8, 4) is 0 Å². The number of anilines is 1. The summed E-state index contributed by atoms with van der Waals surface area (Å²) >= 11 is 3.05. The van der Waals surface area contributed by atoms with Gasteiger partial charge in [0.2, 0.25) is 0 Å². The lowest BCUT2D eigenvalue weighted by atomic mass is 10.0. The molecule has 35 heavy (non-hydrogen) atoms. The minimum Gasteiger partial charge on any atom is -0.444 e. The smallest absolute Gasteiger partial charge is 0.407 e. The van der Waals surface area contributed by atoms with E-state index in [-0.39, 0.29) is 0 Å². The summed E-state index contributed by atoms with van der Waals surface area (Å²) in [5, 5.41) is 14.8. The van der Waals surface area contributed by atoms with Gasteiger partial charge in [-0.05, 0) is 68.8 Å². The highest BCUT2D eigenvalue weighted by atomic mass is 32.2. The third kappa shape index (κ3) is 9.00. The maximum absolute atomic E-state index is 12.6. The van der Waals surface area contributed by atoms with E-state index >= 15 is 0 Å². The van der Waals surface area contributed by atoms with Gasteiger partial charge in [-0.1, -0.05) is 55.5 Å². The molecule has 1 aromatic heterocycles. The number of fused-ring (bicyclic) bond motifs is 1. The van der Waals surface area contributed by atoms with Crippen molar-refractivity contribution in [2.45, 2.75) is 63.7 Å². The predicted octanol–water partition coefficient (Wildman–Crippen LogP) is 5.34. The summed E-state index contributed by atoms with van der Waals surface area (Å²) in [6.07, 6.45) is -0.849. The second-order valence-corrected chi connectivity index (χ2v) is 12.3. The molecule has 2 aromatic carbocycles. The zero-order valence-electron chi connectivity index (χ0n) is 21.0. The summed E-state index contributed by atoms with van der Waals surface area (Å²) in [6.45, 7) is 10.9. The molecule has 9 heteroatoms. The number of hydrogen-bond acceptors (Lipinski definition) is 8. The standard InChI is InChI=1S/C26H36N4O3S2/c1-17(2)15-30(35-19-11-12-20-23(14-19)34-24(27)28-20)16-22(31)21(13-18-9-7-6-8-10-18)29-25(32)33-26(3,4)5/h6-12,14,17,21-22,31H,13,15-16H2,1-5H3,(H2,27,28)(H,29,32)/t21-,22+/m0/s1. The average Bonchev–Trinajstić information content (AvgIpc) is 3.11. The first-order valence-corrected chi connectivity index (χ1v) is 13.4. The Labute approximate surface area is 216 Å². The van der Waals surface area contributed by atoms with Gasteiger partial charge in [0.15, 0.2) is 5.13 Å². The summed E-state index contributed by atoms with van der Waals surface area (Å²) in [6, 6.07) is 15.4. The van der Waals surface area contributed by atoms with E-state index < -0.39 is 23.8 Å². The van der Waals surface area contributed by atoms with Crippen LogP contribution in [0.15, 0.2) is 53.4 Å². The van der Waals surface area contributed by atoms with Crippen LogP contribution in [-0.2, 0) is 11.2 Å². The molecule has 0 unspecified atom stereocenters. The van der Waals surface area contributed by atoms with E-state index in [0.29, 0.717) is 24.0 Å². The van der Waals surface area contributed by atoms with E-state index in [1.807, 2.05) is 63.2 Å². The molecule has 0 aliphatic rings. The minimum atomic E-state index is -0.809. The Hall–Kier alpha value is -2.33. The van der Waals surface area contributed by atoms with Crippen LogP contribution in [0.4, 0.5) is 9.93 Å². The van der Waals surface area contributed by atoms with E-state index in [1.54, 1.807) is 11.9 Å². The Kier molecular flexibility index (Phi) is 9.40. The van der Waals surface area contributed by atoms with Crippen LogP contribution in [0.25, 0.3) is 10.2 Å². The molecule has 0 spiro atoms. The molecule has 0 bridgehead atoms. The van der Waals surface area contributed by atoms with Gasteiger partial charge >= 0.3 is 6.09 Å². The highest BCUT2D eigenvalue weighted by Crippen LogP contribution is 2.31. The molecule has 1 amide bonds. The van der Waals surface area contributed by atoms with Crippen LogP contribution in [0.3, 0.4) is 0 Å². The van der Waals surface area contributed by atoms with Gasteiger partial charge in [0, 0.05) is 18.0 Å². The number of carbonyl (C=O) groups excluding carboxylic acids is 1. The number of nitrogens with zero attached hydrogens (tertiary/aromatic N) is 2. The minimum absolute atomic E-state index is 0.374. The van der Waals surface area contributed by atoms with Crippen molar-refractivity contribution in [3.63, 3.8) is 0 Å². The quantitative estimate of drug-likeness (QED) is 0.313. The molecule has 1 heterocycles. The van der Waals surface area contributed by atoms with Crippen molar-refractivity contribution in [3.05, 3.63) is 54.1 Å². The molecule has 4 N–H and O–H groups in total. The number of alkyl carbamates (subject to hydrolysis) is 1. The lowest BCUT2D eigenvalue weighted by Crippen LogP contribution is -2.50. The maximum Gasteiger partial charge on any atom is 0.407 e. The lowest BCUT2D eigenvalue weighted by Gasteiger charge is -2.31. The van der Waals surface area contributed by atoms with Gasteiger partial charge in [0.25, 0.3) is 0 Å². The topological polar surface area (TPSA) is 101 Å². The first-order chi connectivity index (χ1) is 16.5. The van der Waals surface area contributed by atoms with Gasteiger partial charge < -0.3 is 20.9 Å². The monoisotopic (exact) mass is 516 g/mol. The van der Waals surface area contributed by atoms with Crippen molar-refractivity contribution in [2.24, 2.45) is 5.92 Å². The number of benzene rings is 2. The Bertz CT molecular complexity index is 1100. The number of aliphatic hydroxyl groups excluding tert-OH is 1. The number of hydrogen-bond donors (Lipinski definition) is 3. The third-order valence-corrected chi connectivity index (χ3v) is 6.90. The molecule has 0 fully saturated rings. The number of thiazole rings is 1. The second kappa shape index (κ2) is 12.1. The number of aromatic nitrogens is 1. The highest BCUT2D eigenvalue weighted by molar-refractivity contribution is 7.97. The molecule has 3 rings (SSSR count). The second-order valence-electron chi connectivity index (χ2n) is 10.0. The van der Waals surface area contributed by atoms with E-state index in [4.69, 9.17) is 10.5 Å². The zero-order valence-corrected chi connectivity index (χ0v) is 22.7. The fourth-order valence-electron chi connectivity index (χ4n) is 3.63. The van der Waals surface area contributed by atoms with Crippen molar-refractivity contribution in [1.29, 1.82) is 0 Å². The SMILES string of the molecule is CC(C)CN(C[C@@H](O)[C@H](Cc1ccccc1)NC(=O)OC(C)(C)C)Sc1ccc2nc(N)sc2c1. The molecule has 2 atom stereocenters. The van der Waals surface area contributed by atoms with E-state index in [9.17, 15) is 9.90 Å². The molecule has 0 aliphatic carbocycles. The fourth-order valence-corrected chi connectivity index (χ4v) is 5.68. The number of nitrogens with one attached hydrogen (secondary N) is 1. The van der Waals surface area contributed by atoms with Crippen LogP contribution in [0.2, 0.25) is 0 Å². The van der Waals surface area contributed by atoms with Gasteiger partial charge in [-0.2, -0.15) is 0 Å². The first-order valence-electron chi connectivity index (χ1n) is 11.8. The van der Waals surface area contributed by atoms with E-state index in [1.165, 1.54) is 11.3 Å². The van der Waals surface area contributed by atoms with Crippen molar-refractivity contribution >= 4 is 44.7 Å². The Balaban J connectivity index is 1.76. The maximum atomic E-state index is 12.6. The van der Waals surface area contributed by atoms with Crippen LogP contribution in [0.5, 0.6) is 0 Å². The third-order valence-electron chi connectivity index (χ3n) is 5.04. The number of rotatable bonds is 10. The molecule has 190 valence electrons. The Morgan fingerprint density at radius 1 is 1.20 bits per heavy atom. The molecule has 0 saturated carbocycles. The van der Waals surface area contributed by atoms with E-state index in [0.717, 1.165) is 27.2 Å². The molecule has 0 saturated heterocycles. The molecular formula is C26H36N4O3S2. The van der Waals surface area contributed by atoms with Crippen molar-refractivity contribution < 1.29 is 14.6 Å². The Morgan fingerprint density at radius 3 is 2.57 bits per heavy atom. The number of nitrogen functional groups attached to an aromatic ring is 1. The summed E-state index contributed by atoms with van der Waals surface area (Å²) in [7, 11) is 0. The fraction of sp³-hybridized carbons (Fsp3) is 0.462. The highest BCUT2D eigenvalue weighted by Gasteiger charge is 2.27. The molecule has 7 nitrogen and oxygen atoms in total. The molecule has 0 radical (unpaired) electrons. The number of aliphatic hydroxyl groups is 1. The predicted molar refractivity (Wildman–Crippen MR) is 146 cm³/mol. The molecular weight excluding hydrogens is 480 g/mol. The van der Waals surface area contributed by atoms with Crippen LogP contribution in [0.1, 0.15) is 40.2 Å². The number of carbonyl (C=O) groups is 1. The molecule has 0 aliphatic heterocycles. The number of amides is 1. The van der Waals surface area contributed by atoms with Crippen LogP contribution < -0.4 is 11.1 Å². The van der Waals surface area contributed by atoms with Gasteiger partial charge in [-0.25, -0.2) is 14.1 Å². The van der Waals surface area contributed by atoms with Crippen LogP contribution in [0, 0.1) is 5.92 Å². The molecule has 3 aromatic rings. The van der Waals surface area contributed by atoms with Crippen LogP contribution in [-0.4, -0.2) is 51.3 Å². The first kappa shape index (κ1) is 27.3. The van der Waals surface area contributed by atoms with Gasteiger partial charge in [0.1, 0.15) is 5.60 Å². The van der Waals surface area contributed by atoms with Crippen molar-refractivity contribution in [2.75, 3.05) is 18.8 Å². The summed E-state index contributed by atoms with van der Waals surface area (Å²) in [4.78, 5) is 17.9. The summed E-state index contributed by atoms with van der Waals surface area (Å²) in [5.74, 6) is 0.392. The van der Waals surface area contributed by atoms with Crippen LogP contribution >= 0.6 is 23.3 Å². The van der Waals surface area contributed by atoms with Gasteiger partial charge in [-0.15, -0.1) is 0 Å². The average molecular weight is 517 g/mol. The van der Waals surface area contributed by atoms with E-state index in [2.05, 4.69) is 34.5 Å². The lowest BCUT2D eigenvalue weighted by molar-refractivity contribution is 0.0402. The number of ether oxygens (including phenoxy) is 1. The van der Waals surface area contributed by atoms with Gasteiger partial charge in [-0.3, -0.25) is 0 Å². The summed E-state index contributed by atoms with van der Waals surface area (Å²) < 4.78 is 8.65. The largest absolute Gasteiger partial charge is 0.444 e. The van der Waals surface area contributed by atoms with Gasteiger partial charge in [0.05, 0.1) is 22.4 Å². The Morgan fingerprint density at radius 2 is 1.91 bits per heavy atom. The van der Waals surface area contributed by atoms with Crippen molar-refractivity contribution in [1.82, 2.24) is 14.6 Å².